The molecule has 0 amide bonds. The Morgan fingerprint density at radius 2 is 2.25 bits per heavy atom. The largest absolute Gasteiger partial charge is 0.378 e. The van der Waals surface area contributed by atoms with Crippen LogP contribution in [0.4, 0.5) is 0 Å². The van der Waals surface area contributed by atoms with Crippen LogP contribution in [0.5, 0.6) is 0 Å². The van der Waals surface area contributed by atoms with Crippen molar-refractivity contribution in [3.05, 3.63) is 15.6 Å². The molecular formula is C14H24N2O2S2. The zero-order valence-corrected chi connectivity index (χ0v) is 14.3. The molecule has 0 bridgehead atoms. The van der Waals surface area contributed by atoms with Crippen LogP contribution in [-0.2, 0) is 22.6 Å². The van der Waals surface area contributed by atoms with Crippen LogP contribution in [0.25, 0.3) is 0 Å². The van der Waals surface area contributed by atoms with Gasteiger partial charge in [0.1, 0.15) is 11.1 Å². The molecule has 2 heterocycles. The summed E-state index contributed by atoms with van der Waals surface area (Å²) in [6.07, 6.45) is 0.151. The molecule has 0 aliphatic carbocycles. The van der Waals surface area contributed by atoms with Gasteiger partial charge in [-0.1, -0.05) is 0 Å². The van der Waals surface area contributed by atoms with Gasteiger partial charge in [-0.3, -0.25) is 0 Å². The average Bonchev–Trinajstić information content (AvgIpc) is 2.80. The van der Waals surface area contributed by atoms with Crippen molar-refractivity contribution >= 4 is 23.1 Å². The van der Waals surface area contributed by atoms with E-state index in [4.69, 9.17) is 14.5 Å². The molecule has 4 nitrogen and oxygen atoms in total. The summed E-state index contributed by atoms with van der Waals surface area (Å²) >= 11 is 3.69. The van der Waals surface area contributed by atoms with Crippen LogP contribution in [0.3, 0.4) is 0 Å². The molecule has 2 rings (SSSR count). The van der Waals surface area contributed by atoms with E-state index in [0.29, 0.717) is 6.61 Å². The summed E-state index contributed by atoms with van der Waals surface area (Å²) in [6.45, 7) is 8.74. The first kappa shape index (κ1) is 16.2. The van der Waals surface area contributed by atoms with Crippen LogP contribution in [-0.4, -0.2) is 35.7 Å². The van der Waals surface area contributed by atoms with Crippen molar-refractivity contribution < 1.29 is 9.47 Å². The highest BCUT2D eigenvalue weighted by molar-refractivity contribution is 7.99. The third kappa shape index (κ3) is 4.70. The highest BCUT2D eigenvalue weighted by atomic mass is 32.2. The van der Waals surface area contributed by atoms with E-state index >= 15 is 0 Å². The fraction of sp³-hybridized carbons (Fsp3) is 0.786. The van der Waals surface area contributed by atoms with Crippen LogP contribution < -0.4 is 5.32 Å². The lowest BCUT2D eigenvalue weighted by Crippen LogP contribution is -2.35. The van der Waals surface area contributed by atoms with Crippen molar-refractivity contribution in [2.75, 3.05) is 25.2 Å². The summed E-state index contributed by atoms with van der Waals surface area (Å²) in [4.78, 5) is 6.00. The molecule has 1 saturated heterocycles. The molecule has 0 spiro atoms. The second-order valence-electron chi connectivity index (χ2n) is 5.89. The minimum absolute atomic E-state index is 0.103. The molecule has 0 saturated carbocycles. The van der Waals surface area contributed by atoms with E-state index in [-0.39, 0.29) is 11.6 Å². The molecule has 1 aliphatic heterocycles. The Balaban J connectivity index is 2.10. The van der Waals surface area contributed by atoms with Gasteiger partial charge in [0.05, 0.1) is 18.9 Å². The Morgan fingerprint density at radius 1 is 1.45 bits per heavy atom. The molecule has 114 valence electrons. The highest BCUT2D eigenvalue weighted by Crippen LogP contribution is 2.31. The van der Waals surface area contributed by atoms with Crippen LogP contribution in [0.1, 0.15) is 42.5 Å². The third-order valence-electron chi connectivity index (χ3n) is 2.95. The zero-order chi connectivity index (χ0) is 14.6. The number of rotatable bonds is 5. The van der Waals surface area contributed by atoms with Gasteiger partial charge in [0.2, 0.25) is 0 Å². The van der Waals surface area contributed by atoms with Gasteiger partial charge >= 0.3 is 0 Å². The van der Waals surface area contributed by atoms with Gasteiger partial charge in [0, 0.05) is 35.6 Å². The zero-order valence-electron chi connectivity index (χ0n) is 12.7. The van der Waals surface area contributed by atoms with Crippen LogP contribution in [0, 0.1) is 0 Å². The number of nitrogens with one attached hydrogen (secondary N) is 1. The van der Waals surface area contributed by atoms with E-state index < -0.39 is 0 Å². The number of thioether (sulfide) groups is 1. The first-order valence-electron chi connectivity index (χ1n) is 6.91. The van der Waals surface area contributed by atoms with Crippen molar-refractivity contribution in [3.63, 3.8) is 0 Å². The number of hydrogen-bond donors (Lipinski definition) is 1. The monoisotopic (exact) mass is 316 g/mol. The lowest BCUT2D eigenvalue weighted by atomic mass is 10.1. The normalized spacial score (nSPS) is 20.3. The van der Waals surface area contributed by atoms with Crippen LogP contribution >= 0.6 is 23.1 Å². The Labute approximate surface area is 129 Å². The van der Waals surface area contributed by atoms with Gasteiger partial charge in [-0.25, -0.2) is 4.98 Å². The minimum Gasteiger partial charge on any atom is -0.378 e. The van der Waals surface area contributed by atoms with Gasteiger partial charge in [-0.05, 0) is 20.8 Å². The van der Waals surface area contributed by atoms with E-state index in [2.05, 4.69) is 26.1 Å². The predicted molar refractivity (Wildman–Crippen MR) is 85.4 cm³/mol. The third-order valence-corrected chi connectivity index (χ3v) is 5.13. The number of aromatic nitrogens is 1. The molecule has 6 heteroatoms. The standard InChI is InChI=1S/C14H24N2O2S2/c1-14(2,3)15-7-12-10(8-17-4)16-13(20-12)11-9-19-6-5-18-11/h11,15H,5-9H2,1-4H3. The summed E-state index contributed by atoms with van der Waals surface area (Å²) in [5.74, 6) is 2.09. The molecule has 1 N–H and O–H groups in total. The Kier molecular flexibility index (Phi) is 5.86. The van der Waals surface area contributed by atoms with Gasteiger partial charge in [-0.2, -0.15) is 11.8 Å². The number of thiazole rings is 1. The average molecular weight is 316 g/mol. The predicted octanol–water partition coefficient (Wildman–Crippen LogP) is 2.98. The summed E-state index contributed by atoms with van der Waals surface area (Å²) in [5, 5.41) is 4.61. The SMILES string of the molecule is COCc1nc(C2CSCCO2)sc1CNC(C)(C)C. The highest BCUT2D eigenvalue weighted by Gasteiger charge is 2.23. The second-order valence-corrected chi connectivity index (χ2v) is 8.16. The number of hydrogen-bond acceptors (Lipinski definition) is 6. The van der Waals surface area contributed by atoms with Crippen molar-refractivity contribution in [1.29, 1.82) is 0 Å². The number of ether oxygens (including phenoxy) is 2. The fourth-order valence-corrected chi connectivity index (χ4v) is 3.92. The molecule has 1 fully saturated rings. The number of methoxy groups -OCH3 is 1. The molecule has 20 heavy (non-hydrogen) atoms. The molecule has 1 aliphatic rings. The molecule has 1 aromatic heterocycles. The summed E-state index contributed by atoms with van der Waals surface area (Å²) in [5.41, 5.74) is 1.15. The lowest BCUT2D eigenvalue weighted by Gasteiger charge is -2.20. The van der Waals surface area contributed by atoms with E-state index in [9.17, 15) is 0 Å². The molecule has 1 atom stereocenters. The molecule has 0 radical (unpaired) electrons. The van der Waals surface area contributed by atoms with E-state index in [1.807, 2.05) is 11.8 Å². The van der Waals surface area contributed by atoms with E-state index in [1.165, 1.54) is 4.88 Å². The Hall–Kier alpha value is -0.140. The first-order valence-corrected chi connectivity index (χ1v) is 8.88. The molecular weight excluding hydrogens is 292 g/mol. The molecule has 0 aromatic carbocycles. The van der Waals surface area contributed by atoms with Gasteiger partial charge in [0.15, 0.2) is 0 Å². The Morgan fingerprint density at radius 3 is 2.85 bits per heavy atom. The second kappa shape index (κ2) is 7.22. The minimum atomic E-state index is 0.103. The van der Waals surface area contributed by atoms with Crippen molar-refractivity contribution in [3.8, 4) is 0 Å². The van der Waals surface area contributed by atoms with E-state index in [0.717, 1.165) is 35.4 Å². The van der Waals surface area contributed by atoms with Gasteiger partial charge in [0.25, 0.3) is 0 Å². The van der Waals surface area contributed by atoms with E-state index in [1.54, 1.807) is 18.4 Å². The number of nitrogens with zero attached hydrogens (tertiary/aromatic N) is 1. The van der Waals surface area contributed by atoms with Crippen molar-refractivity contribution in [1.82, 2.24) is 10.3 Å². The van der Waals surface area contributed by atoms with Gasteiger partial charge < -0.3 is 14.8 Å². The smallest absolute Gasteiger partial charge is 0.123 e. The molecule has 1 unspecified atom stereocenters. The molecule has 1 aromatic rings. The summed E-state index contributed by atoms with van der Waals surface area (Å²) in [6, 6.07) is 0. The maximum Gasteiger partial charge on any atom is 0.123 e. The maximum absolute atomic E-state index is 5.82. The first-order chi connectivity index (χ1) is 9.49. The van der Waals surface area contributed by atoms with Crippen molar-refractivity contribution in [2.45, 2.75) is 45.6 Å². The van der Waals surface area contributed by atoms with Crippen LogP contribution in [0.2, 0.25) is 0 Å². The van der Waals surface area contributed by atoms with Gasteiger partial charge in [-0.15, -0.1) is 11.3 Å². The van der Waals surface area contributed by atoms with Crippen molar-refractivity contribution in [2.24, 2.45) is 0 Å². The lowest BCUT2D eigenvalue weighted by molar-refractivity contribution is 0.0751. The fourth-order valence-electron chi connectivity index (χ4n) is 1.90. The Bertz CT molecular complexity index is 423. The maximum atomic E-state index is 5.82. The topological polar surface area (TPSA) is 43.4 Å². The summed E-state index contributed by atoms with van der Waals surface area (Å²) in [7, 11) is 1.72. The summed E-state index contributed by atoms with van der Waals surface area (Å²) < 4.78 is 11.1. The quantitative estimate of drug-likeness (QED) is 0.904. The van der Waals surface area contributed by atoms with Crippen LogP contribution in [0.15, 0.2) is 0 Å².